The molecule has 0 aliphatic carbocycles. The summed E-state index contributed by atoms with van der Waals surface area (Å²) < 4.78 is 38.2. The van der Waals surface area contributed by atoms with Crippen LogP contribution in [0, 0.1) is 0 Å². The second kappa shape index (κ2) is 7.92. The van der Waals surface area contributed by atoms with Gasteiger partial charge in [0, 0.05) is 12.3 Å². The molecule has 0 fully saturated rings. The number of carbonyl (C=O) groups excluding carboxylic acids is 1. The zero-order valence-electron chi connectivity index (χ0n) is 10.9. The van der Waals surface area contributed by atoms with Gasteiger partial charge >= 0.3 is 12.1 Å². The standard InChI is InChI=1S/C13H14F3NO3S/c14-13(15,16)10-4-2-1-3-9(10)7-11(18)17-5-6-21-8-12(19)20/h1-4H,5-8H2,(H,17,18)(H,19,20). The first-order chi connectivity index (χ1) is 9.80. The van der Waals surface area contributed by atoms with E-state index in [2.05, 4.69) is 5.32 Å². The van der Waals surface area contributed by atoms with E-state index in [0.717, 1.165) is 17.8 Å². The van der Waals surface area contributed by atoms with Gasteiger partial charge in [-0.2, -0.15) is 13.2 Å². The molecule has 0 saturated heterocycles. The molecule has 2 N–H and O–H groups in total. The van der Waals surface area contributed by atoms with Crippen LogP contribution < -0.4 is 5.32 Å². The van der Waals surface area contributed by atoms with Gasteiger partial charge in [0.1, 0.15) is 0 Å². The highest BCUT2D eigenvalue weighted by Crippen LogP contribution is 2.31. The molecule has 4 nitrogen and oxygen atoms in total. The minimum absolute atomic E-state index is 0.0766. The van der Waals surface area contributed by atoms with Gasteiger partial charge in [-0.1, -0.05) is 18.2 Å². The summed E-state index contributed by atoms with van der Waals surface area (Å²) >= 11 is 1.12. The Kier molecular flexibility index (Phi) is 6.54. The number of aliphatic carboxylic acids is 1. The van der Waals surface area contributed by atoms with Crippen LogP contribution >= 0.6 is 11.8 Å². The number of hydrogen-bond acceptors (Lipinski definition) is 3. The maximum Gasteiger partial charge on any atom is 0.416 e. The first-order valence-electron chi connectivity index (χ1n) is 6.02. The van der Waals surface area contributed by atoms with Crippen molar-refractivity contribution in [2.45, 2.75) is 12.6 Å². The number of hydrogen-bond donors (Lipinski definition) is 2. The summed E-state index contributed by atoms with van der Waals surface area (Å²) in [4.78, 5) is 21.8. The van der Waals surface area contributed by atoms with Crippen LogP contribution in [-0.2, 0) is 22.2 Å². The van der Waals surface area contributed by atoms with E-state index in [-0.39, 0.29) is 24.3 Å². The molecule has 0 aliphatic rings. The third kappa shape index (κ3) is 6.52. The largest absolute Gasteiger partial charge is 0.481 e. The number of thioether (sulfide) groups is 1. The average Bonchev–Trinajstić information content (AvgIpc) is 2.37. The fourth-order valence-corrected chi connectivity index (χ4v) is 2.17. The number of carboxylic acids is 1. The molecule has 0 atom stereocenters. The zero-order valence-corrected chi connectivity index (χ0v) is 11.8. The molecule has 1 aromatic carbocycles. The highest BCUT2D eigenvalue weighted by Gasteiger charge is 2.33. The molecule has 8 heteroatoms. The van der Waals surface area contributed by atoms with Crippen molar-refractivity contribution in [1.29, 1.82) is 0 Å². The van der Waals surface area contributed by atoms with Gasteiger partial charge in [0.15, 0.2) is 0 Å². The van der Waals surface area contributed by atoms with E-state index in [1.807, 2.05) is 0 Å². The van der Waals surface area contributed by atoms with Gasteiger partial charge < -0.3 is 10.4 Å². The molecule has 1 rings (SSSR count). The van der Waals surface area contributed by atoms with Gasteiger partial charge in [-0.05, 0) is 11.6 Å². The van der Waals surface area contributed by atoms with Crippen LogP contribution in [0.3, 0.4) is 0 Å². The summed E-state index contributed by atoms with van der Waals surface area (Å²) in [6.45, 7) is 0.213. The van der Waals surface area contributed by atoms with Gasteiger partial charge in [-0.3, -0.25) is 9.59 Å². The van der Waals surface area contributed by atoms with Gasteiger partial charge in [0.2, 0.25) is 5.91 Å². The number of nitrogens with one attached hydrogen (secondary N) is 1. The van der Waals surface area contributed by atoms with E-state index >= 15 is 0 Å². The van der Waals surface area contributed by atoms with Crippen molar-refractivity contribution in [3.63, 3.8) is 0 Å². The van der Waals surface area contributed by atoms with Crippen molar-refractivity contribution in [2.75, 3.05) is 18.1 Å². The molecular formula is C13H14F3NO3S. The maximum atomic E-state index is 12.7. The minimum Gasteiger partial charge on any atom is -0.481 e. The van der Waals surface area contributed by atoms with E-state index in [9.17, 15) is 22.8 Å². The molecule has 21 heavy (non-hydrogen) atoms. The second-order valence-electron chi connectivity index (χ2n) is 4.13. The predicted molar refractivity (Wildman–Crippen MR) is 73.1 cm³/mol. The Bertz CT molecular complexity index is 506. The van der Waals surface area contributed by atoms with Gasteiger partial charge in [-0.15, -0.1) is 11.8 Å². The Labute approximate surface area is 123 Å². The van der Waals surface area contributed by atoms with Crippen molar-refractivity contribution in [2.24, 2.45) is 0 Å². The molecule has 1 amide bonds. The Morgan fingerprint density at radius 1 is 1.24 bits per heavy atom. The van der Waals surface area contributed by atoms with Crippen LogP contribution in [0.5, 0.6) is 0 Å². The lowest BCUT2D eigenvalue weighted by Crippen LogP contribution is -2.28. The van der Waals surface area contributed by atoms with Crippen LogP contribution in [0.25, 0.3) is 0 Å². The molecule has 0 radical (unpaired) electrons. The lowest BCUT2D eigenvalue weighted by Gasteiger charge is -2.12. The van der Waals surface area contributed by atoms with E-state index in [4.69, 9.17) is 5.11 Å². The number of carboxylic acid groups (broad SMARTS) is 1. The van der Waals surface area contributed by atoms with Gasteiger partial charge in [0.25, 0.3) is 0 Å². The third-order valence-corrected chi connectivity index (χ3v) is 3.41. The van der Waals surface area contributed by atoms with Crippen molar-refractivity contribution < 1.29 is 27.9 Å². The summed E-state index contributed by atoms with van der Waals surface area (Å²) in [6.07, 6.45) is -4.85. The quantitative estimate of drug-likeness (QED) is 0.756. The summed E-state index contributed by atoms with van der Waals surface area (Å²) in [5.41, 5.74) is -0.902. The first-order valence-corrected chi connectivity index (χ1v) is 7.17. The number of halogens is 3. The topological polar surface area (TPSA) is 66.4 Å². The van der Waals surface area contributed by atoms with Crippen LogP contribution in [0.2, 0.25) is 0 Å². The fourth-order valence-electron chi connectivity index (χ4n) is 1.61. The Morgan fingerprint density at radius 3 is 2.52 bits per heavy atom. The average molecular weight is 321 g/mol. The number of rotatable bonds is 7. The molecule has 0 bridgehead atoms. The summed E-state index contributed by atoms with van der Waals surface area (Å²) in [5.74, 6) is -1.17. The summed E-state index contributed by atoms with van der Waals surface area (Å²) in [5, 5.41) is 10.9. The molecule has 0 heterocycles. The van der Waals surface area contributed by atoms with E-state index in [1.165, 1.54) is 18.2 Å². The summed E-state index contributed by atoms with van der Waals surface area (Å²) in [7, 11) is 0. The maximum absolute atomic E-state index is 12.7. The predicted octanol–water partition coefficient (Wildman–Crippen LogP) is 2.18. The molecule has 0 unspecified atom stereocenters. The van der Waals surface area contributed by atoms with Crippen molar-refractivity contribution >= 4 is 23.6 Å². The minimum atomic E-state index is -4.49. The monoisotopic (exact) mass is 321 g/mol. The number of alkyl halides is 3. The van der Waals surface area contributed by atoms with Crippen LogP contribution in [-0.4, -0.2) is 35.0 Å². The Balaban J connectivity index is 2.47. The van der Waals surface area contributed by atoms with E-state index in [1.54, 1.807) is 0 Å². The van der Waals surface area contributed by atoms with Crippen molar-refractivity contribution in [3.8, 4) is 0 Å². The zero-order chi connectivity index (χ0) is 15.9. The molecule has 0 spiro atoms. The molecule has 0 aliphatic heterocycles. The second-order valence-corrected chi connectivity index (χ2v) is 5.23. The van der Waals surface area contributed by atoms with Crippen LogP contribution in [0.4, 0.5) is 13.2 Å². The molecule has 116 valence electrons. The normalized spacial score (nSPS) is 11.2. The SMILES string of the molecule is O=C(O)CSCCNC(=O)Cc1ccccc1C(F)(F)F. The number of benzene rings is 1. The van der Waals surface area contributed by atoms with E-state index in [0.29, 0.717) is 5.75 Å². The summed E-state index contributed by atoms with van der Waals surface area (Å²) in [6, 6.07) is 4.92. The van der Waals surface area contributed by atoms with Crippen molar-refractivity contribution in [1.82, 2.24) is 5.32 Å². The molecular weight excluding hydrogens is 307 g/mol. The smallest absolute Gasteiger partial charge is 0.416 e. The van der Waals surface area contributed by atoms with Gasteiger partial charge in [0.05, 0.1) is 17.7 Å². The molecule has 0 saturated carbocycles. The van der Waals surface area contributed by atoms with Crippen LogP contribution in [0.1, 0.15) is 11.1 Å². The lowest BCUT2D eigenvalue weighted by molar-refractivity contribution is -0.138. The molecule has 1 aromatic rings. The highest BCUT2D eigenvalue weighted by molar-refractivity contribution is 7.99. The first kappa shape index (κ1) is 17.4. The van der Waals surface area contributed by atoms with Crippen LogP contribution in [0.15, 0.2) is 24.3 Å². The molecule has 0 aromatic heterocycles. The van der Waals surface area contributed by atoms with E-state index < -0.39 is 23.6 Å². The third-order valence-electron chi connectivity index (χ3n) is 2.47. The number of carbonyl (C=O) groups is 2. The van der Waals surface area contributed by atoms with Gasteiger partial charge in [-0.25, -0.2) is 0 Å². The fraction of sp³-hybridized carbons (Fsp3) is 0.385. The Hall–Kier alpha value is -1.70. The lowest BCUT2D eigenvalue weighted by atomic mass is 10.0. The Morgan fingerprint density at radius 2 is 1.90 bits per heavy atom. The number of amides is 1. The highest BCUT2D eigenvalue weighted by atomic mass is 32.2. The van der Waals surface area contributed by atoms with Crippen molar-refractivity contribution in [3.05, 3.63) is 35.4 Å².